The van der Waals surface area contributed by atoms with Gasteiger partial charge in [0.2, 0.25) is 5.91 Å². The van der Waals surface area contributed by atoms with Crippen LogP contribution >= 0.6 is 0 Å². The highest BCUT2D eigenvalue weighted by Gasteiger charge is 2.24. The highest BCUT2D eigenvalue weighted by atomic mass is 16.2. The lowest BCUT2D eigenvalue weighted by molar-refractivity contribution is -0.132. The van der Waals surface area contributed by atoms with E-state index in [1.165, 1.54) is 12.8 Å². The average molecular weight is 275 g/mol. The quantitative estimate of drug-likeness (QED) is 0.905. The van der Waals surface area contributed by atoms with E-state index in [0.717, 1.165) is 25.2 Å². The summed E-state index contributed by atoms with van der Waals surface area (Å²) in [6, 6.07) is 9.03. The van der Waals surface area contributed by atoms with Crippen LogP contribution in [0.3, 0.4) is 0 Å². The van der Waals surface area contributed by atoms with Crippen molar-refractivity contribution in [2.24, 2.45) is 11.7 Å². The maximum absolute atomic E-state index is 12.4. The molecule has 0 aromatic heterocycles. The number of piperidine rings is 1. The standard InChI is InChI=1S/C16H25N3O/c1-18-10-6-7-13(11-18)12-19(2)16(20)15(17)14-8-4-3-5-9-14/h3-5,8-9,13,15H,6-7,10-12,17H2,1-2H3/t13-,15+/m1/s1. The van der Waals surface area contributed by atoms with Crippen LogP contribution in [0, 0.1) is 5.92 Å². The fraction of sp³-hybridized carbons (Fsp3) is 0.562. The Bertz CT molecular complexity index is 435. The van der Waals surface area contributed by atoms with Crippen LogP contribution in [0.25, 0.3) is 0 Å². The summed E-state index contributed by atoms with van der Waals surface area (Å²) in [6.07, 6.45) is 2.41. The summed E-state index contributed by atoms with van der Waals surface area (Å²) >= 11 is 0. The highest BCUT2D eigenvalue weighted by molar-refractivity contribution is 5.82. The molecule has 4 heteroatoms. The van der Waals surface area contributed by atoms with Gasteiger partial charge in [0.05, 0.1) is 0 Å². The number of carbonyl (C=O) groups excluding carboxylic acids is 1. The van der Waals surface area contributed by atoms with E-state index in [1.807, 2.05) is 37.4 Å². The Morgan fingerprint density at radius 2 is 2.15 bits per heavy atom. The second-order valence-corrected chi connectivity index (χ2v) is 5.88. The second kappa shape index (κ2) is 6.86. The lowest BCUT2D eigenvalue weighted by Crippen LogP contribution is -2.42. The first kappa shape index (κ1) is 15.0. The van der Waals surface area contributed by atoms with E-state index in [9.17, 15) is 4.79 Å². The van der Waals surface area contributed by atoms with Crippen molar-refractivity contribution in [3.8, 4) is 0 Å². The maximum atomic E-state index is 12.4. The molecule has 20 heavy (non-hydrogen) atoms. The van der Waals surface area contributed by atoms with Crippen LogP contribution in [-0.2, 0) is 4.79 Å². The first-order valence-corrected chi connectivity index (χ1v) is 7.32. The Labute approximate surface area is 121 Å². The average Bonchev–Trinajstić information content (AvgIpc) is 2.46. The number of amides is 1. The van der Waals surface area contributed by atoms with Gasteiger partial charge in [-0.2, -0.15) is 0 Å². The third-order valence-electron chi connectivity index (χ3n) is 4.06. The third kappa shape index (κ3) is 3.81. The molecule has 1 aromatic carbocycles. The minimum Gasteiger partial charge on any atom is -0.344 e. The number of carbonyl (C=O) groups is 1. The zero-order valence-corrected chi connectivity index (χ0v) is 12.5. The summed E-state index contributed by atoms with van der Waals surface area (Å²) in [6.45, 7) is 3.03. The van der Waals surface area contributed by atoms with Gasteiger partial charge in [-0.3, -0.25) is 4.79 Å². The van der Waals surface area contributed by atoms with E-state index in [1.54, 1.807) is 4.90 Å². The van der Waals surface area contributed by atoms with Gasteiger partial charge in [-0.25, -0.2) is 0 Å². The lowest BCUT2D eigenvalue weighted by atomic mass is 9.97. The van der Waals surface area contributed by atoms with Crippen molar-refractivity contribution in [3.63, 3.8) is 0 Å². The summed E-state index contributed by atoms with van der Waals surface area (Å²) in [5.74, 6) is 0.565. The predicted molar refractivity (Wildman–Crippen MR) is 81.2 cm³/mol. The predicted octanol–water partition coefficient (Wildman–Crippen LogP) is 1.49. The maximum Gasteiger partial charge on any atom is 0.243 e. The molecular weight excluding hydrogens is 250 g/mol. The molecule has 0 unspecified atom stereocenters. The Morgan fingerprint density at radius 1 is 1.45 bits per heavy atom. The number of hydrogen-bond donors (Lipinski definition) is 1. The molecule has 2 rings (SSSR count). The number of nitrogens with zero attached hydrogens (tertiary/aromatic N) is 2. The highest BCUT2D eigenvalue weighted by Crippen LogP contribution is 2.18. The van der Waals surface area contributed by atoms with Gasteiger partial charge >= 0.3 is 0 Å². The Balaban J connectivity index is 1.91. The molecule has 0 radical (unpaired) electrons. The third-order valence-corrected chi connectivity index (χ3v) is 4.06. The van der Waals surface area contributed by atoms with Crippen LogP contribution in [0.5, 0.6) is 0 Å². The lowest BCUT2D eigenvalue weighted by Gasteiger charge is -2.33. The van der Waals surface area contributed by atoms with Crippen LogP contribution in [0.15, 0.2) is 30.3 Å². The largest absolute Gasteiger partial charge is 0.344 e. The fourth-order valence-corrected chi connectivity index (χ4v) is 2.94. The van der Waals surface area contributed by atoms with Crippen molar-refractivity contribution in [2.45, 2.75) is 18.9 Å². The SMILES string of the molecule is CN1CCC[C@@H](CN(C)C(=O)[C@@H](N)c2ccccc2)C1. The summed E-state index contributed by atoms with van der Waals surface area (Å²) in [5, 5.41) is 0. The minimum absolute atomic E-state index is 0.00410. The van der Waals surface area contributed by atoms with Crippen LogP contribution < -0.4 is 5.73 Å². The summed E-state index contributed by atoms with van der Waals surface area (Å²) in [7, 11) is 4.00. The number of likely N-dealkylation sites (tertiary alicyclic amines) is 1. The van der Waals surface area contributed by atoms with Crippen LogP contribution in [-0.4, -0.2) is 49.4 Å². The molecule has 0 bridgehead atoms. The van der Waals surface area contributed by atoms with Gasteiger partial charge in [0, 0.05) is 20.1 Å². The Kier molecular flexibility index (Phi) is 5.15. The molecule has 0 saturated carbocycles. The van der Waals surface area contributed by atoms with E-state index in [0.29, 0.717) is 5.92 Å². The normalized spacial score (nSPS) is 21.4. The van der Waals surface area contributed by atoms with Crippen molar-refractivity contribution in [2.75, 3.05) is 33.7 Å². The number of likely N-dealkylation sites (N-methyl/N-ethyl adjacent to an activating group) is 1. The molecule has 0 spiro atoms. The first-order valence-electron chi connectivity index (χ1n) is 7.32. The molecule has 1 heterocycles. The van der Waals surface area contributed by atoms with Gasteiger partial charge in [-0.05, 0) is 37.9 Å². The number of nitrogens with two attached hydrogens (primary N) is 1. The molecule has 1 saturated heterocycles. The molecule has 2 N–H and O–H groups in total. The molecule has 1 fully saturated rings. The first-order chi connectivity index (χ1) is 9.58. The number of rotatable bonds is 4. The van der Waals surface area contributed by atoms with Crippen molar-refractivity contribution in [1.82, 2.24) is 9.80 Å². The van der Waals surface area contributed by atoms with Gasteiger partial charge in [-0.15, -0.1) is 0 Å². The van der Waals surface area contributed by atoms with E-state index in [4.69, 9.17) is 5.73 Å². The number of hydrogen-bond acceptors (Lipinski definition) is 3. The molecule has 0 aliphatic carbocycles. The minimum atomic E-state index is -0.553. The Morgan fingerprint density at radius 3 is 2.80 bits per heavy atom. The van der Waals surface area contributed by atoms with E-state index in [-0.39, 0.29) is 5.91 Å². The molecule has 1 aliphatic heterocycles. The summed E-state index contributed by atoms with van der Waals surface area (Å²) in [5.41, 5.74) is 6.95. The molecule has 4 nitrogen and oxygen atoms in total. The zero-order chi connectivity index (χ0) is 14.5. The summed E-state index contributed by atoms with van der Waals surface area (Å²) in [4.78, 5) is 16.5. The van der Waals surface area contributed by atoms with Crippen LogP contribution in [0.1, 0.15) is 24.4 Å². The molecular formula is C16H25N3O. The topological polar surface area (TPSA) is 49.6 Å². The van der Waals surface area contributed by atoms with Crippen molar-refractivity contribution in [3.05, 3.63) is 35.9 Å². The molecule has 110 valence electrons. The number of benzene rings is 1. The van der Waals surface area contributed by atoms with Gasteiger partial charge in [0.15, 0.2) is 0 Å². The van der Waals surface area contributed by atoms with E-state index in [2.05, 4.69) is 11.9 Å². The van der Waals surface area contributed by atoms with Gasteiger partial charge in [0.1, 0.15) is 6.04 Å². The smallest absolute Gasteiger partial charge is 0.243 e. The molecule has 1 amide bonds. The molecule has 2 atom stereocenters. The van der Waals surface area contributed by atoms with Crippen molar-refractivity contribution in [1.29, 1.82) is 0 Å². The van der Waals surface area contributed by atoms with Crippen LogP contribution in [0.4, 0.5) is 0 Å². The van der Waals surface area contributed by atoms with Gasteiger partial charge in [0.25, 0.3) is 0 Å². The molecule has 1 aromatic rings. The van der Waals surface area contributed by atoms with Crippen molar-refractivity contribution >= 4 is 5.91 Å². The summed E-state index contributed by atoms with van der Waals surface area (Å²) < 4.78 is 0. The Hall–Kier alpha value is -1.39. The van der Waals surface area contributed by atoms with Crippen LogP contribution in [0.2, 0.25) is 0 Å². The second-order valence-electron chi connectivity index (χ2n) is 5.88. The van der Waals surface area contributed by atoms with Gasteiger partial charge < -0.3 is 15.5 Å². The zero-order valence-electron chi connectivity index (χ0n) is 12.5. The van der Waals surface area contributed by atoms with E-state index >= 15 is 0 Å². The monoisotopic (exact) mass is 275 g/mol. The van der Waals surface area contributed by atoms with Crippen molar-refractivity contribution < 1.29 is 4.79 Å². The van der Waals surface area contributed by atoms with Gasteiger partial charge in [-0.1, -0.05) is 30.3 Å². The fourth-order valence-electron chi connectivity index (χ4n) is 2.94. The van der Waals surface area contributed by atoms with E-state index < -0.39 is 6.04 Å². The molecule has 1 aliphatic rings.